The molecule has 0 aliphatic heterocycles. The van der Waals surface area contributed by atoms with E-state index in [1.165, 1.54) is 41.5 Å². The van der Waals surface area contributed by atoms with Crippen molar-refractivity contribution in [3.05, 3.63) is 76.2 Å². The molecule has 1 aromatic heterocycles. The van der Waals surface area contributed by atoms with Gasteiger partial charge in [0.05, 0.1) is 12.7 Å². The number of thiophene rings is 1. The Morgan fingerprint density at radius 1 is 0.974 bits per heavy atom. The van der Waals surface area contributed by atoms with Crippen molar-refractivity contribution in [1.29, 1.82) is 0 Å². The highest BCUT2D eigenvalue weighted by molar-refractivity contribution is 8.00. The minimum Gasteiger partial charge on any atom is -0.465 e. The lowest BCUT2D eigenvalue weighted by molar-refractivity contribution is -0.116. The van der Waals surface area contributed by atoms with Gasteiger partial charge in [0.2, 0.25) is 11.8 Å². The van der Waals surface area contributed by atoms with Gasteiger partial charge in [0.25, 0.3) is 0 Å². The molecule has 0 radical (unpaired) electrons. The topological polar surface area (TPSA) is 84.5 Å². The molecule has 8 heteroatoms. The predicted octanol–water partition coefficient (Wildman–Crippen LogP) is 7.40. The first kappa shape index (κ1) is 27.9. The maximum atomic E-state index is 13.8. The zero-order valence-corrected chi connectivity index (χ0v) is 23.5. The zero-order valence-electron chi connectivity index (χ0n) is 21.9. The third kappa shape index (κ3) is 7.05. The smallest absolute Gasteiger partial charge is 0.341 e. The van der Waals surface area contributed by atoms with Gasteiger partial charge in [-0.3, -0.25) is 9.59 Å². The van der Waals surface area contributed by atoms with Gasteiger partial charge in [0.15, 0.2) is 0 Å². The fourth-order valence-electron chi connectivity index (χ4n) is 4.64. The number of anilines is 2. The van der Waals surface area contributed by atoms with Crippen LogP contribution < -0.4 is 10.6 Å². The zero-order chi connectivity index (χ0) is 26.9. The maximum absolute atomic E-state index is 13.8. The van der Waals surface area contributed by atoms with Crippen LogP contribution in [0, 0.1) is 0 Å². The number of hydrogen-bond acceptors (Lipinski definition) is 6. The average molecular weight is 551 g/mol. The number of methoxy groups -OCH3 is 1. The molecule has 1 atom stereocenters. The van der Waals surface area contributed by atoms with Gasteiger partial charge >= 0.3 is 5.97 Å². The number of thioether (sulfide) groups is 1. The molecule has 4 rings (SSSR count). The van der Waals surface area contributed by atoms with E-state index in [4.69, 9.17) is 4.74 Å². The molecule has 2 amide bonds. The van der Waals surface area contributed by atoms with E-state index < -0.39 is 11.2 Å². The molecule has 1 aliphatic carbocycles. The summed E-state index contributed by atoms with van der Waals surface area (Å²) >= 11 is 2.91. The van der Waals surface area contributed by atoms with E-state index in [0.717, 1.165) is 54.5 Å². The third-order valence-corrected chi connectivity index (χ3v) is 8.94. The summed E-state index contributed by atoms with van der Waals surface area (Å²) in [5, 5.41) is 6.03. The van der Waals surface area contributed by atoms with E-state index in [0.29, 0.717) is 22.7 Å². The highest BCUT2D eigenvalue weighted by Gasteiger charge is 2.29. The molecule has 0 fully saturated rings. The fraction of sp³-hybridized carbons (Fsp3) is 0.367. The highest BCUT2D eigenvalue weighted by atomic mass is 32.2. The van der Waals surface area contributed by atoms with Gasteiger partial charge in [-0.2, -0.15) is 0 Å². The van der Waals surface area contributed by atoms with Gasteiger partial charge in [-0.15, -0.1) is 23.1 Å². The van der Waals surface area contributed by atoms with Crippen molar-refractivity contribution in [3.63, 3.8) is 0 Å². The van der Waals surface area contributed by atoms with Gasteiger partial charge in [-0.05, 0) is 61.4 Å². The van der Waals surface area contributed by atoms with Crippen LogP contribution in [0.15, 0.2) is 59.5 Å². The summed E-state index contributed by atoms with van der Waals surface area (Å²) in [6.45, 7) is 1.97. The van der Waals surface area contributed by atoms with Crippen molar-refractivity contribution < 1.29 is 19.1 Å². The summed E-state index contributed by atoms with van der Waals surface area (Å²) < 4.78 is 5.13. The Morgan fingerprint density at radius 3 is 2.47 bits per heavy atom. The monoisotopic (exact) mass is 550 g/mol. The maximum Gasteiger partial charge on any atom is 0.341 e. The SMILES string of the molecule is CCCC(=O)Nc1cccc(SC(C(=O)Nc2sc3c(c2C(=O)OC)CCCCCC3)c2ccccc2)c1. The molecule has 2 N–H and O–H groups in total. The van der Waals surface area contributed by atoms with Crippen LogP contribution in [-0.4, -0.2) is 24.9 Å². The number of ether oxygens (including phenoxy) is 1. The summed E-state index contributed by atoms with van der Waals surface area (Å²) in [6.07, 6.45) is 7.38. The highest BCUT2D eigenvalue weighted by Crippen LogP contribution is 2.41. The van der Waals surface area contributed by atoms with Crippen LogP contribution in [0.25, 0.3) is 0 Å². The van der Waals surface area contributed by atoms with Crippen molar-refractivity contribution >= 4 is 51.6 Å². The number of fused-ring (bicyclic) bond motifs is 1. The summed E-state index contributed by atoms with van der Waals surface area (Å²) in [5.74, 6) is -0.644. The Kier molecular flexibility index (Phi) is 10.0. The van der Waals surface area contributed by atoms with Gasteiger partial charge in [-0.25, -0.2) is 4.79 Å². The lowest BCUT2D eigenvalue weighted by Gasteiger charge is -2.18. The van der Waals surface area contributed by atoms with E-state index in [2.05, 4.69) is 10.6 Å². The first-order valence-electron chi connectivity index (χ1n) is 13.1. The van der Waals surface area contributed by atoms with Crippen LogP contribution in [0.5, 0.6) is 0 Å². The molecule has 1 unspecified atom stereocenters. The number of carbonyl (C=O) groups excluding carboxylic acids is 3. The van der Waals surface area contributed by atoms with Crippen LogP contribution in [0.3, 0.4) is 0 Å². The van der Waals surface area contributed by atoms with Crippen molar-refractivity contribution in [1.82, 2.24) is 0 Å². The van der Waals surface area contributed by atoms with Crippen molar-refractivity contribution in [2.45, 2.75) is 68.4 Å². The Balaban J connectivity index is 1.63. The summed E-state index contributed by atoms with van der Waals surface area (Å²) in [6, 6.07) is 17.1. The van der Waals surface area contributed by atoms with E-state index in [9.17, 15) is 14.4 Å². The molecule has 6 nitrogen and oxygen atoms in total. The number of rotatable bonds is 9. The number of amides is 2. The van der Waals surface area contributed by atoms with E-state index >= 15 is 0 Å². The van der Waals surface area contributed by atoms with Crippen LogP contribution >= 0.6 is 23.1 Å². The molecule has 2 aromatic carbocycles. The van der Waals surface area contributed by atoms with Gasteiger partial charge in [-0.1, -0.05) is 56.2 Å². The second kappa shape index (κ2) is 13.6. The molecule has 0 saturated heterocycles. The Labute approximate surface area is 232 Å². The van der Waals surface area contributed by atoms with Crippen LogP contribution in [0.4, 0.5) is 10.7 Å². The van der Waals surface area contributed by atoms with Gasteiger partial charge in [0, 0.05) is 21.9 Å². The molecule has 0 spiro atoms. The molecular formula is C30H34N2O4S2. The van der Waals surface area contributed by atoms with E-state index in [-0.39, 0.29) is 11.8 Å². The largest absolute Gasteiger partial charge is 0.465 e. The summed E-state index contributed by atoms with van der Waals surface area (Å²) in [5.41, 5.74) is 3.08. The molecule has 38 heavy (non-hydrogen) atoms. The molecule has 0 bridgehead atoms. The Hall–Kier alpha value is -3.10. The van der Waals surface area contributed by atoms with Crippen molar-refractivity contribution in [2.75, 3.05) is 17.7 Å². The number of carbonyl (C=O) groups is 3. The van der Waals surface area contributed by atoms with E-state index in [1.54, 1.807) is 0 Å². The van der Waals surface area contributed by atoms with Crippen molar-refractivity contribution in [3.8, 4) is 0 Å². The number of hydrogen-bond donors (Lipinski definition) is 2. The van der Waals surface area contributed by atoms with Crippen LogP contribution in [0.2, 0.25) is 0 Å². The first-order chi connectivity index (χ1) is 18.5. The predicted molar refractivity (Wildman–Crippen MR) is 155 cm³/mol. The quantitative estimate of drug-likeness (QED) is 0.214. The molecule has 1 aliphatic rings. The summed E-state index contributed by atoms with van der Waals surface area (Å²) in [7, 11) is 1.38. The van der Waals surface area contributed by atoms with Gasteiger partial charge < -0.3 is 15.4 Å². The van der Waals surface area contributed by atoms with E-state index in [1.807, 2.05) is 61.5 Å². The molecule has 200 valence electrons. The normalized spacial score (nSPS) is 13.9. The van der Waals surface area contributed by atoms with Crippen LogP contribution in [-0.2, 0) is 27.2 Å². The first-order valence-corrected chi connectivity index (χ1v) is 14.8. The molecule has 3 aromatic rings. The number of esters is 1. The minimum absolute atomic E-state index is 0.0318. The van der Waals surface area contributed by atoms with Crippen LogP contribution in [0.1, 0.15) is 77.1 Å². The van der Waals surface area contributed by atoms with Gasteiger partial charge in [0.1, 0.15) is 10.3 Å². The summed E-state index contributed by atoms with van der Waals surface area (Å²) in [4.78, 5) is 40.8. The number of aryl methyl sites for hydroxylation is 1. The molecule has 0 saturated carbocycles. The molecular weight excluding hydrogens is 516 g/mol. The Bertz CT molecular complexity index is 1270. The minimum atomic E-state index is -0.562. The third-order valence-electron chi connectivity index (χ3n) is 6.49. The number of benzene rings is 2. The average Bonchev–Trinajstić information content (AvgIpc) is 3.23. The second-order valence-corrected chi connectivity index (χ2v) is 11.6. The lowest BCUT2D eigenvalue weighted by Crippen LogP contribution is -2.20. The second-order valence-electron chi connectivity index (χ2n) is 9.34. The fourth-order valence-corrected chi connectivity index (χ4v) is 7.00. The van der Waals surface area contributed by atoms with Crippen molar-refractivity contribution in [2.24, 2.45) is 0 Å². The Morgan fingerprint density at radius 2 is 1.74 bits per heavy atom. The number of nitrogens with one attached hydrogen (secondary N) is 2. The lowest BCUT2D eigenvalue weighted by atomic mass is 9.96. The standard InChI is InChI=1S/C30H34N2O4S2/c1-3-12-25(33)31-21-15-11-16-22(19-21)37-27(20-13-7-6-8-14-20)28(34)32-29-26(30(35)36-2)23-17-9-4-5-10-18-24(23)38-29/h6-8,11,13-16,19,27H,3-5,9-10,12,17-18H2,1-2H3,(H,31,33)(H,32,34). The molecule has 1 heterocycles.